The van der Waals surface area contributed by atoms with Crippen molar-refractivity contribution in [1.82, 2.24) is 14.5 Å². The van der Waals surface area contributed by atoms with Crippen molar-refractivity contribution in [2.75, 3.05) is 13.7 Å². The van der Waals surface area contributed by atoms with Gasteiger partial charge < -0.3 is 19.3 Å². The third-order valence-electron chi connectivity index (χ3n) is 5.54. The average Bonchev–Trinajstić information content (AvgIpc) is 3.41. The second-order valence-electron chi connectivity index (χ2n) is 7.52. The first-order valence-corrected chi connectivity index (χ1v) is 10.2. The lowest BCUT2D eigenvalue weighted by Crippen LogP contribution is -2.31. The standard InChI is InChI=1S/C24H21F2N3O4/c1-33-19-8-7-15(13-18(19)26)22(30)20-21(16-5-2-3-6-17(16)25)29(24(32)23(20)31)11-4-10-28-12-9-27-14-28/h2-3,5-9,12-14,21,30H,4,10-11H2,1H3. The lowest BCUT2D eigenvalue weighted by Gasteiger charge is -2.25. The zero-order valence-corrected chi connectivity index (χ0v) is 17.7. The number of methoxy groups -OCH3 is 1. The predicted octanol–water partition coefficient (Wildman–Crippen LogP) is 3.68. The Balaban J connectivity index is 1.76. The molecule has 170 valence electrons. The summed E-state index contributed by atoms with van der Waals surface area (Å²) in [4.78, 5) is 31.1. The van der Waals surface area contributed by atoms with Crippen LogP contribution in [0.3, 0.4) is 0 Å². The first-order valence-electron chi connectivity index (χ1n) is 10.2. The molecule has 0 saturated carbocycles. The van der Waals surface area contributed by atoms with Crippen molar-refractivity contribution >= 4 is 17.4 Å². The van der Waals surface area contributed by atoms with E-state index in [1.54, 1.807) is 24.8 Å². The predicted molar refractivity (Wildman–Crippen MR) is 115 cm³/mol. The highest BCUT2D eigenvalue weighted by Gasteiger charge is 2.46. The van der Waals surface area contributed by atoms with Gasteiger partial charge in [0.1, 0.15) is 11.6 Å². The number of benzene rings is 2. The molecule has 1 unspecified atom stereocenters. The number of carbonyl (C=O) groups is 2. The molecule has 1 aliphatic rings. The van der Waals surface area contributed by atoms with Gasteiger partial charge in [0.15, 0.2) is 11.6 Å². The number of halogens is 2. The van der Waals surface area contributed by atoms with E-state index in [9.17, 15) is 23.5 Å². The van der Waals surface area contributed by atoms with Gasteiger partial charge in [0.25, 0.3) is 11.7 Å². The van der Waals surface area contributed by atoms with Gasteiger partial charge in [-0.1, -0.05) is 18.2 Å². The van der Waals surface area contributed by atoms with Crippen molar-refractivity contribution in [3.8, 4) is 5.75 Å². The number of imidazole rings is 1. The third kappa shape index (κ3) is 4.21. The lowest BCUT2D eigenvalue weighted by atomic mass is 9.95. The summed E-state index contributed by atoms with van der Waals surface area (Å²) >= 11 is 0. The van der Waals surface area contributed by atoms with E-state index in [4.69, 9.17) is 4.74 Å². The minimum Gasteiger partial charge on any atom is -0.507 e. The molecular weight excluding hydrogens is 432 g/mol. The molecule has 0 radical (unpaired) electrons. The van der Waals surface area contributed by atoms with Crippen LogP contribution in [0, 0.1) is 11.6 Å². The van der Waals surface area contributed by atoms with E-state index in [-0.39, 0.29) is 29.0 Å². The molecule has 1 aromatic heterocycles. The Morgan fingerprint density at radius 3 is 2.58 bits per heavy atom. The minimum atomic E-state index is -1.15. The number of likely N-dealkylation sites (tertiary alicyclic amines) is 1. The number of carbonyl (C=O) groups excluding carboxylic acids is 2. The highest BCUT2D eigenvalue weighted by atomic mass is 19.1. The maximum atomic E-state index is 14.8. The molecule has 2 heterocycles. The second kappa shape index (κ2) is 9.23. The summed E-state index contributed by atoms with van der Waals surface area (Å²) in [6, 6.07) is 8.24. The van der Waals surface area contributed by atoms with Crippen LogP contribution in [0.4, 0.5) is 8.78 Å². The number of hydrogen-bond acceptors (Lipinski definition) is 5. The number of aliphatic hydroxyl groups excluding tert-OH is 1. The van der Waals surface area contributed by atoms with Crippen molar-refractivity contribution in [1.29, 1.82) is 0 Å². The number of aryl methyl sites for hydroxylation is 1. The normalized spacial score (nSPS) is 17.5. The molecule has 1 saturated heterocycles. The Morgan fingerprint density at radius 2 is 1.91 bits per heavy atom. The number of aliphatic hydroxyl groups is 1. The third-order valence-corrected chi connectivity index (χ3v) is 5.54. The van der Waals surface area contributed by atoms with Gasteiger partial charge in [-0.05, 0) is 30.7 Å². The molecule has 1 amide bonds. The fraction of sp³-hybridized carbons (Fsp3) is 0.208. The van der Waals surface area contributed by atoms with Crippen LogP contribution < -0.4 is 4.74 Å². The zero-order chi connectivity index (χ0) is 23.5. The van der Waals surface area contributed by atoms with Crippen molar-refractivity contribution < 1.29 is 28.2 Å². The van der Waals surface area contributed by atoms with E-state index in [2.05, 4.69) is 4.98 Å². The maximum absolute atomic E-state index is 14.8. The molecule has 1 atom stereocenters. The number of ether oxygens (including phenoxy) is 1. The highest BCUT2D eigenvalue weighted by Crippen LogP contribution is 2.40. The summed E-state index contributed by atoms with van der Waals surface area (Å²) in [6.07, 6.45) is 5.48. The topological polar surface area (TPSA) is 84.7 Å². The Hall–Kier alpha value is -4.01. The van der Waals surface area contributed by atoms with E-state index < -0.39 is 35.1 Å². The van der Waals surface area contributed by atoms with Gasteiger partial charge in [-0.2, -0.15) is 0 Å². The van der Waals surface area contributed by atoms with Crippen LogP contribution in [0.15, 0.2) is 66.8 Å². The van der Waals surface area contributed by atoms with E-state index in [1.807, 2.05) is 4.57 Å². The van der Waals surface area contributed by atoms with Gasteiger partial charge in [-0.15, -0.1) is 0 Å². The maximum Gasteiger partial charge on any atom is 0.295 e. The zero-order valence-electron chi connectivity index (χ0n) is 17.7. The molecule has 1 N–H and O–H groups in total. The fourth-order valence-electron chi connectivity index (χ4n) is 3.94. The number of amides is 1. The molecule has 9 heteroatoms. The van der Waals surface area contributed by atoms with Crippen molar-refractivity contribution in [2.45, 2.75) is 19.0 Å². The minimum absolute atomic E-state index is 0.0222. The first-order chi connectivity index (χ1) is 15.9. The molecule has 0 spiro atoms. The molecule has 7 nitrogen and oxygen atoms in total. The molecule has 2 aromatic carbocycles. The number of hydrogen-bond donors (Lipinski definition) is 1. The number of nitrogens with zero attached hydrogens (tertiary/aromatic N) is 3. The van der Waals surface area contributed by atoms with Crippen LogP contribution in [0.5, 0.6) is 5.75 Å². The summed E-state index contributed by atoms with van der Waals surface area (Å²) in [6.45, 7) is 0.659. The van der Waals surface area contributed by atoms with E-state index >= 15 is 0 Å². The summed E-state index contributed by atoms with van der Waals surface area (Å²) < 4.78 is 35.7. The molecule has 33 heavy (non-hydrogen) atoms. The number of ketones is 1. The largest absolute Gasteiger partial charge is 0.507 e. The monoisotopic (exact) mass is 453 g/mol. The molecule has 4 rings (SSSR count). The highest BCUT2D eigenvalue weighted by molar-refractivity contribution is 6.46. The van der Waals surface area contributed by atoms with Crippen molar-refractivity contribution in [3.05, 3.63) is 89.5 Å². The van der Waals surface area contributed by atoms with Gasteiger partial charge in [0.2, 0.25) is 0 Å². The van der Waals surface area contributed by atoms with E-state index in [0.29, 0.717) is 13.0 Å². The Kier molecular flexibility index (Phi) is 6.21. The molecule has 1 fully saturated rings. The van der Waals surface area contributed by atoms with Gasteiger partial charge >= 0.3 is 0 Å². The molecule has 3 aromatic rings. The quantitative estimate of drug-likeness (QED) is 0.335. The van der Waals surface area contributed by atoms with Crippen LogP contribution in [0.2, 0.25) is 0 Å². The van der Waals surface area contributed by atoms with Gasteiger partial charge in [0.05, 0.1) is 25.1 Å². The van der Waals surface area contributed by atoms with Crippen molar-refractivity contribution in [2.24, 2.45) is 0 Å². The lowest BCUT2D eigenvalue weighted by molar-refractivity contribution is -0.140. The first kappa shape index (κ1) is 22.2. The number of aromatic nitrogens is 2. The van der Waals surface area contributed by atoms with Crippen LogP contribution in [-0.2, 0) is 16.1 Å². The summed E-state index contributed by atoms with van der Waals surface area (Å²) in [7, 11) is 1.30. The van der Waals surface area contributed by atoms with E-state index in [0.717, 1.165) is 6.07 Å². The second-order valence-corrected chi connectivity index (χ2v) is 7.52. The van der Waals surface area contributed by atoms with Crippen LogP contribution in [0.25, 0.3) is 5.76 Å². The van der Waals surface area contributed by atoms with Gasteiger partial charge in [-0.25, -0.2) is 13.8 Å². The SMILES string of the molecule is COc1ccc(C(O)=C2C(=O)C(=O)N(CCCn3ccnc3)C2c2ccccc2F)cc1F. The molecule has 0 bridgehead atoms. The smallest absolute Gasteiger partial charge is 0.295 e. The number of Topliss-reactive ketones (excluding diaryl/α,β-unsaturated/α-hetero) is 1. The molecule has 0 aliphatic carbocycles. The van der Waals surface area contributed by atoms with Crippen LogP contribution in [-0.4, -0.2) is 44.9 Å². The van der Waals surface area contributed by atoms with Crippen LogP contribution in [0.1, 0.15) is 23.6 Å². The summed E-state index contributed by atoms with van der Waals surface area (Å²) in [5.74, 6) is -3.82. The summed E-state index contributed by atoms with van der Waals surface area (Å²) in [5, 5.41) is 11.0. The molecule has 1 aliphatic heterocycles. The fourth-order valence-corrected chi connectivity index (χ4v) is 3.94. The Labute approximate surface area is 188 Å². The summed E-state index contributed by atoms with van der Waals surface area (Å²) in [5.41, 5.74) is -0.252. The van der Waals surface area contributed by atoms with Crippen LogP contribution >= 0.6 is 0 Å². The number of rotatable bonds is 7. The van der Waals surface area contributed by atoms with E-state index in [1.165, 1.54) is 42.3 Å². The molecular formula is C24H21F2N3O4. The van der Waals surface area contributed by atoms with Crippen molar-refractivity contribution in [3.63, 3.8) is 0 Å². The average molecular weight is 453 g/mol. The van der Waals surface area contributed by atoms with Gasteiger partial charge in [0, 0.05) is 36.6 Å². The Bertz CT molecular complexity index is 1220. The van der Waals surface area contributed by atoms with Gasteiger partial charge in [-0.3, -0.25) is 9.59 Å². The Morgan fingerprint density at radius 1 is 1.12 bits per heavy atom.